The fourth-order valence-corrected chi connectivity index (χ4v) is 2.81. The molecule has 0 bridgehead atoms. The number of thioether (sulfide) groups is 1. The highest BCUT2D eigenvalue weighted by Gasteiger charge is 2.38. The van der Waals surface area contributed by atoms with E-state index in [-0.39, 0.29) is 11.7 Å². The smallest absolute Gasteiger partial charge is 0.313 e. The van der Waals surface area contributed by atoms with E-state index in [2.05, 4.69) is 10.2 Å². The third kappa shape index (κ3) is 4.19. The molecule has 9 heteroatoms. The van der Waals surface area contributed by atoms with Gasteiger partial charge in [-0.25, -0.2) is 8.42 Å². The highest BCUT2D eigenvalue weighted by Crippen LogP contribution is 2.30. The van der Waals surface area contributed by atoms with Crippen LogP contribution in [0.2, 0.25) is 0 Å². The quantitative estimate of drug-likeness (QED) is 0.751. The van der Waals surface area contributed by atoms with Crippen molar-refractivity contribution in [3.63, 3.8) is 0 Å². The van der Waals surface area contributed by atoms with Crippen LogP contribution in [0.4, 0.5) is 0 Å². The van der Waals surface area contributed by atoms with Gasteiger partial charge in [0.2, 0.25) is 0 Å². The number of hydrogen-bond donors (Lipinski definition) is 1. The highest BCUT2D eigenvalue weighted by atomic mass is 32.2. The lowest BCUT2D eigenvalue weighted by atomic mass is 10.1. The van der Waals surface area contributed by atoms with Crippen molar-refractivity contribution >= 4 is 27.6 Å². The van der Waals surface area contributed by atoms with Crippen LogP contribution in [0.1, 0.15) is 33.5 Å². The first kappa shape index (κ1) is 18.0. The molecule has 0 spiro atoms. The van der Waals surface area contributed by atoms with E-state index in [1.165, 1.54) is 0 Å². The number of hydrogen-bond acceptors (Lipinski definition) is 6. The third-order valence-electron chi connectivity index (χ3n) is 3.05. The minimum atomic E-state index is -3.38. The molecule has 0 aliphatic carbocycles. The SMILES string of the molecule is CC(C)Cn1c(SCC(=O)O)nnc1C(C)(C)S(C)(=O)=O. The second-order valence-corrected chi connectivity index (χ2v) is 9.28. The number of rotatable bonds is 7. The predicted octanol–water partition coefficient (Wildman–Crippen LogP) is 1.39. The molecule has 0 fully saturated rings. The van der Waals surface area contributed by atoms with Gasteiger partial charge < -0.3 is 9.67 Å². The standard InChI is InChI=1S/C12H21N3O4S2/c1-8(2)6-15-10(12(3,4)21(5,18)19)13-14-11(15)20-7-9(16)17/h8H,6-7H2,1-5H3,(H,16,17). The maximum absolute atomic E-state index is 12.0. The number of nitrogens with zero attached hydrogens (tertiary/aromatic N) is 3. The molecule has 0 aliphatic heterocycles. The van der Waals surface area contributed by atoms with Crippen LogP contribution in [0.3, 0.4) is 0 Å². The molecular formula is C12H21N3O4S2. The summed E-state index contributed by atoms with van der Waals surface area (Å²) in [6.07, 6.45) is 1.16. The predicted molar refractivity (Wildman–Crippen MR) is 81.1 cm³/mol. The average Bonchev–Trinajstić information content (AvgIpc) is 2.67. The number of carboxylic acid groups (broad SMARTS) is 1. The Bertz CT molecular complexity index is 620. The molecule has 1 aromatic rings. The summed E-state index contributed by atoms with van der Waals surface area (Å²) in [6, 6.07) is 0. The first-order valence-corrected chi connectivity index (χ1v) is 9.32. The van der Waals surface area contributed by atoms with Crippen LogP contribution in [0.5, 0.6) is 0 Å². The van der Waals surface area contributed by atoms with E-state index >= 15 is 0 Å². The minimum absolute atomic E-state index is 0.143. The number of sulfone groups is 1. The summed E-state index contributed by atoms with van der Waals surface area (Å²) in [5, 5.41) is 17.2. The van der Waals surface area contributed by atoms with Crippen LogP contribution in [-0.4, -0.2) is 46.3 Å². The normalized spacial score (nSPS) is 12.9. The number of carboxylic acids is 1. The summed E-state index contributed by atoms with van der Waals surface area (Å²) >= 11 is 1.04. The molecule has 0 aliphatic rings. The van der Waals surface area contributed by atoms with Crippen molar-refractivity contribution in [2.75, 3.05) is 12.0 Å². The van der Waals surface area contributed by atoms with Crippen LogP contribution in [0.25, 0.3) is 0 Å². The highest BCUT2D eigenvalue weighted by molar-refractivity contribution is 7.99. The fraction of sp³-hybridized carbons (Fsp3) is 0.750. The van der Waals surface area contributed by atoms with E-state index in [4.69, 9.17) is 5.11 Å². The van der Waals surface area contributed by atoms with Crippen molar-refractivity contribution in [2.24, 2.45) is 5.92 Å². The van der Waals surface area contributed by atoms with Gasteiger partial charge in [0.15, 0.2) is 20.8 Å². The molecule has 1 aromatic heterocycles. The van der Waals surface area contributed by atoms with E-state index in [0.717, 1.165) is 18.0 Å². The Kier molecular flexibility index (Phi) is 5.43. The van der Waals surface area contributed by atoms with Crippen molar-refractivity contribution in [3.05, 3.63) is 5.82 Å². The Morgan fingerprint density at radius 3 is 2.38 bits per heavy atom. The molecule has 1 heterocycles. The van der Waals surface area contributed by atoms with Crippen molar-refractivity contribution < 1.29 is 18.3 Å². The summed E-state index contributed by atoms with van der Waals surface area (Å²) < 4.78 is 24.5. The molecular weight excluding hydrogens is 314 g/mol. The van der Waals surface area contributed by atoms with Gasteiger partial charge >= 0.3 is 5.97 Å². The molecule has 0 amide bonds. The molecule has 120 valence electrons. The Morgan fingerprint density at radius 2 is 1.95 bits per heavy atom. The summed E-state index contributed by atoms with van der Waals surface area (Å²) in [6.45, 7) is 7.67. The summed E-state index contributed by atoms with van der Waals surface area (Å²) in [4.78, 5) is 10.7. The Balaban J connectivity index is 3.30. The van der Waals surface area contributed by atoms with E-state index < -0.39 is 20.6 Å². The maximum Gasteiger partial charge on any atom is 0.313 e. The monoisotopic (exact) mass is 335 g/mol. The van der Waals surface area contributed by atoms with Crippen LogP contribution in [0, 0.1) is 5.92 Å². The van der Waals surface area contributed by atoms with Crippen molar-refractivity contribution in [1.82, 2.24) is 14.8 Å². The number of carbonyl (C=O) groups is 1. The maximum atomic E-state index is 12.0. The lowest BCUT2D eigenvalue weighted by Gasteiger charge is -2.23. The third-order valence-corrected chi connectivity index (χ3v) is 6.04. The van der Waals surface area contributed by atoms with Crippen LogP contribution >= 0.6 is 11.8 Å². The van der Waals surface area contributed by atoms with Crippen LogP contribution in [0.15, 0.2) is 5.16 Å². The number of aliphatic carboxylic acids is 1. The zero-order valence-corrected chi connectivity index (χ0v) is 14.5. The Morgan fingerprint density at radius 1 is 1.38 bits per heavy atom. The Hall–Kier alpha value is -1.09. The fourth-order valence-electron chi connectivity index (χ4n) is 1.66. The molecule has 0 aromatic carbocycles. The van der Waals surface area contributed by atoms with E-state index in [1.54, 1.807) is 18.4 Å². The molecule has 0 saturated carbocycles. The van der Waals surface area contributed by atoms with Gasteiger partial charge in [-0.3, -0.25) is 4.79 Å². The molecule has 0 atom stereocenters. The number of aromatic nitrogens is 3. The van der Waals surface area contributed by atoms with E-state index in [1.807, 2.05) is 13.8 Å². The van der Waals surface area contributed by atoms with Gasteiger partial charge in [0.1, 0.15) is 4.75 Å². The van der Waals surface area contributed by atoms with Gasteiger partial charge in [-0.05, 0) is 19.8 Å². The van der Waals surface area contributed by atoms with Gasteiger partial charge in [0, 0.05) is 12.8 Å². The lowest BCUT2D eigenvalue weighted by molar-refractivity contribution is -0.133. The van der Waals surface area contributed by atoms with E-state index in [9.17, 15) is 13.2 Å². The first-order valence-electron chi connectivity index (χ1n) is 6.44. The van der Waals surface area contributed by atoms with Crippen molar-refractivity contribution in [1.29, 1.82) is 0 Å². The lowest BCUT2D eigenvalue weighted by Crippen LogP contribution is -2.32. The minimum Gasteiger partial charge on any atom is -0.481 e. The molecule has 0 saturated heterocycles. The van der Waals surface area contributed by atoms with Crippen molar-refractivity contribution in [3.8, 4) is 0 Å². The zero-order valence-electron chi connectivity index (χ0n) is 12.8. The van der Waals surface area contributed by atoms with Gasteiger partial charge in [-0.15, -0.1) is 10.2 Å². The second-order valence-electron chi connectivity index (χ2n) is 5.78. The van der Waals surface area contributed by atoms with Gasteiger partial charge in [0.25, 0.3) is 0 Å². The van der Waals surface area contributed by atoms with Gasteiger partial charge in [0.05, 0.1) is 5.75 Å². The molecule has 0 unspecified atom stereocenters. The zero-order chi connectivity index (χ0) is 16.4. The van der Waals surface area contributed by atoms with Crippen LogP contribution < -0.4 is 0 Å². The van der Waals surface area contributed by atoms with Crippen molar-refractivity contribution in [2.45, 2.75) is 44.1 Å². The topological polar surface area (TPSA) is 102 Å². The largest absolute Gasteiger partial charge is 0.481 e. The average molecular weight is 335 g/mol. The molecule has 21 heavy (non-hydrogen) atoms. The second kappa shape index (κ2) is 6.35. The summed E-state index contributed by atoms with van der Waals surface area (Å²) in [5.41, 5.74) is 0. The molecule has 0 radical (unpaired) electrons. The first-order chi connectivity index (χ1) is 9.46. The van der Waals surface area contributed by atoms with Gasteiger partial charge in [-0.1, -0.05) is 25.6 Å². The van der Waals surface area contributed by atoms with Crippen LogP contribution in [-0.2, 0) is 25.9 Å². The molecule has 7 nitrogen and oxygen atoms in total. The van der Waals surface area contributed by atoms with Gasteiger partial charge in [-0.2, -0.15) is 0 Å². The molecule has 1 rings (SSSR count). The van der Waals surface area contributed by atoms with E-state index in [0.29, 0.717) is 17.5 Å². The Labute approximate surface area is 129 Å². The summed E-state index contributed by atoms with van der Waals surface area (Å²) in [7, 11) is -3.38. The molecule has 1 N–H and O–H groups in total. The summed E-state index contributed by atoms with van der Waals surface area (Å²) in [5.74, 6) is -0.510.